The van der Waals surface area contributed by atoms with E-state index in [1.54, 1.807) is 0 Å². The van der Waals surface area contributed by atoms with Crippen molar-refractivity contribution in [2.24, 2.45) is 0 Å². The van der Waals surface area contributed by atoms with E-state index in [0.717, 1.165) is 38.6 Å². The maximum absolute atomic E-state index is 9.40. The molecule has 1 aliphatic heterocycles. The summed E-state index contributed by atoms with van der Waals surface area (Å²) in [6, 6.07) is 0.755. The van der Waals surface area contributed by atoms with E-state index in [2.05, 4.69) is 10.2 Å². The monoisotopic (exact) mass is 212 g/mol. The second-order valence-electron chi connectivity index (χ2n) is 5.05. The van der Waals surface area contributed by atoms with Gasteiger partial charge in [0, 0.05) is 25.8 Å². The maximum atomic E-state index is 9.40. The average Bonchev–Trinajstić information content (AvgIpc) is 2.30. The van der Waals surface area contributed by atoms with Crippen LogP contribution in [0.25, 0.3) is 0 Å². The van der Waals surface area contributed by atoms with Gasteiger partial charge in [0.1, 0.15) is 0 Å². The molecule has 88 valence electrons. The summed E-state index contributed by atoms with van der Waals surface area (Å²) in [7, 11) is 0. The SMILES string of the molecule is OC1CCN(CNC2CCCCC2)CC1. The minimum absolute atomic E-state index is 0.0454. The maximum Gasteiger partial charge on any atom is 0.0564 e. The van der Waals surface area contributed by atoms with Gasteiger partial charge in [-0.2, -0.15) is 0 Å². The average molecular weight is 212 g/mol. The van der Waals surface area contributed by atoms with E-state index >= 15 is 0 Å². The summed E-state index contributed by atoms with van der Waals surface area (Å²) in [5.41, 5.74) is 0. The predicted molar refractivity (Wildman–Crippen MR) is 61.7 cm³/mol. The number of hydrogen-bond acceptors (Lipinski definition) is 3. The highest BCUT2D eigenvalue weighted by molar-refractivity contribution is 4.74. The van der Waals surface area contributed by atoms with Gasteiger partial charge in [0.25, 0.3) is 0 Å². The molecule has 0 radical (unpaired) electrons. The van der Waals surface area contributed by atoms with Crippen molar-refractivity contribution in [1.82, 2.24) is 10.2 Å². The molecule has 3 heteroatoms. The molecule has 3 nitrogen and oxygen atoms in total. The van der Waals surface area contributed by atoms with E-state index in [0.29, 0.717) is 0 Å². The molecule has 0 aromatic carbocycles. The van der Waals surface area contributed by atoms with Gasteiger partial charge >= 0.3 is 0 Å². The van der Waals surface area contributed by atoms with E-state index in [9.17, 15) is 5.11 Å². The van der Waals surface area contributed by atoms with Gasteiger partial charge in [-0.25, -0.2) is 0 Å². The number of nitrogens with one attached hydrogen (secondary N) is 1. The number of hydrogen-bond donors (Lipinski definition) is 2. The van der Waals surface area contributed by atoms with Crippen LogP contribution in [0.2, 0.25) is 0 Å². The van der Waals surface area contributed by atoms with Crippen LogP contribution in [-0.2, 0) is 0 Å². The first-order chi connectivity index (χ1) is 7.34. The van der Waals surface area contributed by atoms with Crippen molar-refractivity contribution < 1.29 is 5.11 Å². The Morgan fingerprint density at radius 3 is 2.33 bits per heavy atom. The van der Waals surface area contributed by atoms with Crippen LogP contribution in [0.15, 0.2) is 0 Å². The van der Waals surface area contributed by atoms with Crippen molar-refractivity contribution in [1.29, 1.82) is 0 Å². The lowest BCUT2D eigenvalue weighted by Gasteiger charge is -2.32. The summed E-state index contributed by atoms with van der Waals surface area (Å²) in [5.74, 6) is 0. The van der Waals surface area contributed by atoms with Crippen molar-refractivity contribution in [3.05, 3.63) is 0 Å². The summed E-state index contributed by atoms with van der Waals surface area (Å²) in [5, 5.41) is 13.0. The standard InChI is InChI=1S/C12H24N2O/c15-12-6-8-14(9-7-12)10-13-11-4-2-1-3-5-11/h11-13,15H,1-10H2. The van der Waals surface area contributed by atoms with E-state index in [1.165, 1.54) is 32.1 Å². The van der Waals surface area contributed by atoms with Crippen LogP contribution in [0.1, 0.15) is 44.9 Å². The Morgan fingerprint density at radius 2 is 1.67 bits per heavy atom. The topological polar surface area (TPSA) is 35.5 Å². The van der Waals surface area contributed by atoms with E-state index in [1.807, 2.05) is 0 Å². The Hall–Kier alpha value is -0.120. The van der Waals surface area contributed by atoms with Gasteiger partial charge < -0.3 is 10.4 Å². The first-order valence-electron chi connectivity index (χ1n) is 6.48. The zero-order valence-corrected chi connectivity index (χ0v) is 9.62. The molecule has 0 bridgehead atoms. The summed E-state index contributed by atoms with van der Waals surface area (Å²) in [6.45, 7) is 3.14. The highest BCUT2D eigenvalue weighted by Gasteiger charge is 2.18. The summed E-state index contributed by atoms with van der Waals surface area (Å²) in [4.78, 5) is 2.43. The fraction of sp³-hybridized carbons (Fsp3) is 1.00. The zero-order valence-electron chi connectivity index (χ0n) is 9.62. The summed E-state index contributed by atoms with van der Waals surface area (Å²) >= 11 is 0. The normalized spacial score (nSPS) is 27.0. The van der Waals surface area contributed by atoms with Crippen LogP contribution >= 0.6 is 0 Å². The van der Waals surface area contributed by atoms with Crippen molar-refractivity contribution >= 4 is 0 Å². The zero-order chi connectivity index (χ0) is 10.5. The van der Waals surface area contributed by atoms with Crippen LogP contribution in [0.5, 0.6) is 0 Å². The first kappa shape index (κ1) is 11.4. The molecule has 1 aliphatic carbocycles. The third-order valence-corrected chi connectivity index (χ3v) is 3.77. The Bertz CT molecular complexity index is 172. The fourth-order valence-electron chi connectivity index (χ4n) is 2.64. The van der Waals surface area contributed by atoms with Gasteiger partial charge in [-0.05, 0) is 25.7 Å². The largest absolute Gasteiger partial charge is 0.393 e. The highest BCUT2D eigenvalue weighted by atomic mass is 16.3. The number of nitrogens with zero attached hydrogens (tertiary/aromatic N) is 1. The van der Waals surface area contributed by atoms with Gasteiger partial charge in [0.2, 0.25) is 0 Å². The molecule has 15 heavy (non-hydrogen) atoms. The Balaban J connectivity index is 1.60. The molecule has 0 unspecified atom stereocenters. The number of piperidine rings is 1. The molecule has 2 N–H and O–H groups in total. The molecular weight excluding hydrogens is 188 g/mol. The van der Waals surface area contributed by atoms with Crippen molar-refractivity contribution in [2.75, 3.05) is 19.8 Å². The van der Waals surface area contributed by atoms with Crippen molar-refractivity contribution in [3.8, 4) is 0 Å². The van der Waals surface area contributed by atoms with Crippen LogP contribution < -0.4 is 5.32 Å². The molecule has 2 rings (SSSR count). The van der Waals surface area contributed by atoms with E-state index < -0.39 is 0 Å². The molecule has 1 heterocycles. The predicted octanol–water partition coefficient (Wildman–Crippen LogP) is 1.32. The Kier molecular flexibility index (Phi) is 4.42. The van der Waals surface area contributed by atoms with Gasteiger partial charge in [-0.3, -0.25) is 4.90 Å². The minimum atomic E-state index is -0.0454. The number of aliphatic hydroxyl groups excluding tert-OH is 1. The smallest absolute Gasteiger partial charge is 0.0564 e. The van der Waals surface area contributed by atoms with E-state index in [-0.39, 0.29) is 6.10 Å². The molecule has 1 saturated carbocycles. The molecule has 0 spiro atoms. The van der Waals surface area contributed by atoms with Crippen LogP contribution in [0.3, 0.4) is 0 Å². The molecule has 0 amide bonds. The fourth-order valence-corrected chi connectivity index (χ4v) is 2.64. The third-order valence-electron chi connectivity index (χ3n) is 3.77. The lowest BCUT2D eigenvalue weighted by atomic mass is 9.96. The quantitative estimate of drug-likeness (QED) is 0.740. The number of likely N-dealkylation sites (tertiary alicyclic amines) is 1. The second kappa shape index (κ2) is 5.83. The first-order valence-corrected chi connectivity index (χ1v) is 6.48. The molecule has 0 aromatic heterocycles. The Morgan fingerprint density at radius 1 is 1.00 bits per heavy atom. The van der Waals surface area contributed by atoms with Gasteiger partial charge in [0.15, 0.2) is 0 Å². The number of rotatable bonds is 3. The van der Waals surface area contributed by atoms with Crippen LogP contribution in [0.4, 0.5) is 0 Å². The molecule has 2 aliphatic rings. The van der Waals surface area contributed by atoms with Gasteiger partial charge in [-0.15, -0.1) is 0 Å². The molecule has 0 atom stereocenters. The summed E-state index contributed by atoms with van der Waals surface area (Å²) < 4.78 is 0. The molecule has 0 aromatic rings. The Labute approximate surface area is 92.8 Å². The molecular formula is C12H24N2O. The van der Waals surface area contributed by atoms with Gasteiger partial charge in [0.05, 0.1) is 6.10 Å². The molecule has 1 saturated heterocycles. The van der Waals surface area contributed by atoms with Gasteiger partial charge in [-0.1, -0.05) is 19.3 Å². The van der Waals surface area contributed by atoms with Crippen LogP contribution in [0, 0.1) is 0 Å². The highest BCUT2D eigenvalue weighted by Crippen LogP contribution is 2.17. The van der Waals surface area contributed by atoms with Crippen molar-refractivity contribution in [3.63, 3.8) is 0 Å². The third kappa shape index (κ3) is 3.74. The molecule has 2 fully saturated rings. The second-order valence-corrected chi connectivity index (χ2v) is 5.05. The summed E-state index contributed by atoms with van der Waals surface area (Å²) in [6.07, 6.45) is 8.79. The van der Waals surface area contributed by atoms with Crippen molar-refractivity contribution in [2.45, 2.75) is 57.1 Å². The van der Waals surface area contributed by atoms with Crippen LogP contribution in [-0.4, -0.2) is 41.9 Å². The lowest BCUT2D eigenvalue weighted by molar-refractivity contribution is 0.0758. The minimum Gasteiger partial charge on any atom is -0.393 e. The number of aliphatic hydroxyl groups is 1. The van der Waals surface area contributed by atoms with E-state index in [4.69, 9.17) is 0 Å². The lowest BCUT2D eigenvalue weighted by Crippen LogP contribution is -2.44.